The van der Waals surface area contributed by atoms with Crippen LogP contribution in [0.1, 0.15) is 104 Å². The van der Waals surface area contributed by atoms with Crippen molar-refractivity contribution in [2.24, 2.45) is 10.8 Å². The summed E-state index contributed by atoms with van der Waals surface area (Å²) in [7, 11) is 0. The first-order chi connectivity index (χ1) is 12.5. The predicted octanol–water partition coefficient (Wildman–Crippen LogP) is 7.10. The van der Waals surface area contributed by atoms with E-state index in [-0.39, 0.29) is 17.2 Å². The highest BCUT2D eigenvalue weighted by atomic mass is 16.3. The Morgan fingerprint density at radius 1 is 0.667 bits per heavy atom. The second-order valence-electron chi connectivity index (χ2n) is 10.1. The van der Waals surface area contributed by atoms with E-state index < -0.39 is 0 Å². The van der Waals surface area contributed by atoms with Crippen molar-refractivity contribution in [2.75, 3.05) is 0 Å². The topological polar surface area (TPSA) is 60.7 Å². The first-order valence-electron chi connectivity index (χ1n) is 10.7. The highest BCUT2D eigenvalue weighted by Crippen LogP contribution is 2.41. The Labute approximate surface area is 166 Å². The summed E-state index contributed by atoms with van der Waals surface area (Å²) in [5.74, 6) is -0.665. The van der Waals surface area contributed by atoms with Gasteiger partial charge in [0.05, 0.1) is 0 Å². The van der Waals surface area contributed by atoms with Gasteiger partial charge in [0.2, 0.25) is 5.75 Å². The van der Waals surface area contributed by atoms with Crippen LogP contribution in [0.15, 0.2) is 6.07 Å². The van der Waals surface area contributed by atoms with Gasteiger partial charge in [0.25, 0.3) is 0 Å². The van der Waals surface area contributed by atoms with Crippen molar-refractivity contribution in [3.05, 3.63) is 17.2 Å². The van der Waals surface area contributed by atoms with Crippen LogP contribution in [0, 0.1) is 10.8 Å². The molecule has 0 spiro atoms. The number of aryl methyl sites for hydroxylation is 2. The minimum atomic E-state index is -0.356. The average molecular weight is 379 g/mol. The van der Waals surface area contributed by atoms with Gasteiger partial charge in [-0.05, 0) is 66.5 Å². The van der Waals surface area contributed by atoms with E-state index in [1.807, 2.05) is 6.07 Å². The van der Waals surface area contributed by atoms with Crippen molar-refractivity contribution in [3.63, 3.8) is 0 Å². The van der Waals surface area contributed by atoms with Crippen LogP contribution in [0.2, 0.25) is 0 Å². The van der Waals surface area contributed by atoms with Gasteiger partial charge in [0.1, 0.15) is 0 Å². The molecule has 27 heavy (non-hydrogen) atoms. The lowest BCUT2D eigenvalue weighted by Gasteiger charge is -2.22. The molecule has 1 rings (SSSR count). The molecule has 0 aliphatic rings. The van der Waals surface area contributed by atoms with Crippen LogP contribution in [0.3, 0.4) is 0 Å². The first kappa shape index (κ1) is 23.7. The summed E-state index contributed by atoms with van der Waals surface area (Å²) in [6.07, 6.45) is 10.4. The maximum absolute atomic E-state index is 10.2. The zero-order chi connectivity index (χ0) is 20.7. The number of benzene rings is 1. The monoisotopic (exact) mass is 378 g/mol. The third-order valence-corrected chi connectivity index (χ3v) is 5.79. The van der Waals surface area contributed by atoms with Crippen molar-refractivity contribution in [1.29, 1.82) is 0 Å². The molecule has 156 valence electrons. The smallest absolute Gasteiger partial charge is 0.200 e. The highest BCUT2D eigenvalue weighted by Gasteiger charge is 2.17. The highest BCUT2D eigenvalue weighted by molar-refractivity contribution is 5.57. The normalized spacial score (nSPS) is 12.5. The summed E-state index contributed by atoms with van der Waals surface area (Å²) < 4.78 is 0. The Morgan fingerprint density at radius 2 is 1.15 bits per heavy atom. The molecule has 1 aromatic carbocycles. The molecule has 0 aliphatic heterocycles. The largest absolute Gasteiger partial charge is 0.504 e. The van der Waals surface area contributed by atoms with Gasteiger partial charge in [-0.2, -0.15) is 0 Å². The minimum absolute atomic E-state index is 0.153. The molecule has 0 heterocycles. The van der Waals surface area contributed by atoms with Crippen molar-refractivity contribution < 1.29 is 15.3 Å². The molecule has 1 aromatic rings. The fourth-order valence-corrected chi connectivity index (χ4v) is 3.39. The molecular formula is C24H42O3. The second-order valence-corrected chi connectivity index (χ2v) is 10.1. The van der Waals surface area contributed by atoms with E-state index in [4.69, 9.17) is 0 Å². The molecule has 0 saturated carbocycles. The molecule has 3 N–H and O–H groups in total. The van der Waals surface area contributed by atoms with Gasteiger partial charge in [-0.3, -0.25) is 0 Å². The number of phenols is 3. The van der Waals surface area contributed by atoms with Crippen LogP contribution in [0.4, 0.5) is 0 Å². The zero-order valence-corrected chi connectivity index (χ0v) is 18.5. The van der Waals surface area contributed by atoms with Crippen molar-refractivity contribution >= 4 is 0 Å². The maximum Gasteiger partial charge on any atom is 0.200 e. The van der Waals surface area contributed by atoms with E-state index in [0.29, 0.717) is 10.8 Å². The third-order valence-electron chi connectivity index (χ3n) is 5.79. The molecule has 0 amide bonds. The molecule has 0 aliphatic carbocycles. The summed E-state index contributed by atoms with van der Waals surface area (Å²) >= 11 is 0. The molecule has 0 radical (unpaired) electrons. The standard InChI is InChI=1S/C24H42O3/c1-7-24(5,6)16-11-8-9-13-18-17-19(21(26)22(27)20(18)25)14-10-12-15-23(2,3)4/h17,25-27H,7-16H2,1-6H3. The zero-order valence-electron chi connectivity index (χ0n) is 18.5. The number of unbranched alkanes of at least 4 members (excludes halogenated alkanes) is 3. The Balaban J connectivity index is 2.60. The summed E-state index contributed by atoms with van der Waals surface area (Å²) in [5.41, 5.74) is 2.22. The first-order valence-corrected chi connectivity index (χ1v) is 10.7. The second kappa shape index (κ2) is 10.2. The van der Waals surface area contributed by atoms with Crippen molar-refractivity contribution in [1.82, 2.24) is 0 Å². The van der Waals surface area contributed by atoms with E-state index in [0.717, 1.165) is 56.1 Å². The van der Waals surface area contributed by atoms with Crippen molar-refractivity contribution in [3.8, 4) is 17.2 Å². The van der Waals surface area contributed by atoms with E-state index >= 15 is 0 Å². The van der Waals surface area contributed by atoms with Crippen LogP contribution < -0.4 is 0 Å². The fraction of sp³-hybridized carbons (Fsp3) is 0.750. The van der Waals surface area contributed by atoms with E-state index in [1.54, 1.807) is 0 Å². The van der Waals surface area contributed by atoms with Gasteiger partial charge in [-0.25, -0.2) is 0 Å². The maximum atomic E-state index is 10.2. The van der Waals surface area contributed by atoms with Gasteiger partial charge in [0, 0.05) is 0 Å². The Kier molecular flexibility index (Phi) is 8.98. The fourth-order valence-electron chi connectivity index (χ4n) is 3.39. The van der Waals surface area contributed by atoms with E-state index in [2.05, 4.69) is 41.5 Å². The number of phenolic OH excluding ortho intramolecular Hbond substituents is 3. The van der Waals surface area contributed by atoms with E-state index in [9.17, 15) is 15.3 Å². The van der Waals surface area contributed by atoms with Crippen LogP contribution in [-0.4, -0.2) is 15.3 Å². The quantitative estimate of drug-likeness (QED) is 0.284. The Hall–Kier alpha value is -1.38. The number of rotatable bonds is 11. The molecule has 0 unspecified atom stereocenters. The Morgan fingerprint density at radius 3 is 1.63 bits per heavy atom. The molecule has 0 atom stereocenters. The third kappa shape index (κ3) is 8.45. The molecule has 0 bridgehead atoms. The lowest BCUT2D eigenvalue weighted by Crippen LogP contribution is -2.08. The SMILES string of the molecule is CCC(C)(C)CCCCCc1cc(CCCCC(C)(C)C)c(O)c(O)c1O. The molecular weight excluding hydrogens is 336 g/mol. The summed E-state index contributed by atoms with van der Waals surface area (Å²) in [6.45, 7) is 13.6. The summed E-state index contributed by atoms with van der Waals surface area (Å²) in [6, 6.07) is 1.89. The van der Waals surface area contributed by atoms with Gasteiger partial charge in [-0.1, -0.05) is 67.2 Å². The van der Waals surface area contributed by atoms with Crippen LogP contribution in [0.25, 0.3) is 0 Å². The van der Waals surface area contributed by atoms with Gasteiger partial charge < -0.3 is 15.3 Å². The number of hydrogen-bond acceptors (Lipinski definition) is 3. The Bertz CT molecular complexity index is 582. The van der Waals surface area contributed by atoms with Gasteiger partial charge in [-0.15, -0.1) is 0 Å². The summed E-state index contributed by atoms with van der Waals surface area (Å²) in [5, 5.41) is 30.5. The van der Waals surface area contributed by atoms with Crippen molar-refractivity contribution in [2.45, 2.75) is 106 Å². The van der Waals surface area contributed by atoms with Crippen LogP contribution in [-0.2, 0) is 12.8 Å². The molecule has 3 nitrogen and oxygen atoms in total. The number of hydrogen-bond donors (Lipinski definition) is 3. The van der Waals surface area contributed by atoms with Gasteiger partial charge >= 0.3 is 0 Å². The average Bonchev–Trinajstić information content (AvgIpc) is 2.58. The van der Waals surface area contributed by atoms with Crippen LogP contribution in [0.5, 0.6) is 17.2 Å². The lowest BCUT2D eigenvalue weighted by atomic mass is 9.84. The van der Waals surface area contributed by atoms with Gasteiger partial charge in [0.15, 0.2) is 11.5 Å². The minimum Gasteiger partial charge on any atom is -0.504 e. The number of aromatic hydroxyl groups is 3. The molecule has 0 fully saturated rings. The summed E-state index contributed by atoms with van der Waals surface area (Å²) in [4.78, 5) is 0. The lowest BCUT2D eigenvalue weighted by molar-refractivity contribution is 0.308. The molecule has 0 saturated heterocycles. The predicted molar refractivity (Wildman–Crippen MR) is 115 cm³/mol. The van der Waals surface area contributed by atoms with Crippen LogP contribution >= 0.6 is 0 Å². The van der Waals surface area contributed by atoms with E-state index in [1.165, 1.54) is 19.3 Å². The molecule has 0 aromatic heterocycles. The molecule has 3 heteroatoms.